The number of fused-ring (bicyclic) bond motifs is 9. The fourth-order valence-electron chi connectivity index (χ4n) is 17.3. The Morgan fingerprint density at radius 2 is 0.336 bits per heavy atom. The molecule has 21 rings (SSSR count). The first-order valence-corrected chi connectivity index (χ1v) is 43.6. The van der Waals surface area contributed by atoms with Crippen LogP contribution in [0.4, 0.5) is 0 Å². The zero-order valence-corrected chi connectivity index (χ0v) is 93.7. The van der Waals surface area contributed by atoms with Crippen molar-refractivity contribution >= 4 is 64.6 Å². The molecule has 6 heteroatoms. The third-order valence-corrected chi connectivity index (χ3v) is 23.7. The number of rotatable bonds is 9. The van der Waals surface area contributed by atoms with E-state index in [1.54, 1.807) is 0 Å². The number of hydrogen-bond donors (Lipinski definition) is 0. The summed E-state index contributed by atoms with van der Waals surface area (Å²) in [6, 6.07) is 160. The molecule has 0 unspecified atom stereocenters. The molecule has 21 aromatic carbocycles. The molecule has 0 amide bonds. The quantitative estimate of drug-likeness (QED) is 0.126. The largest absolute Gasteiger partial charge is 0.0622 e. The molecule has 21 aromatic rings. The van der Waals surface area contributed by atoms with Gasteiger partial charge in [-0.15, -0.1) is 0 Å². The molecule has 0 fully saturated rings. The first-order valence-electron chi connectivity index (χ1n) is 43.6. The van der Waals surface area contributed by atoms with Crippen LogP contribution in [0.1, 0.15) is 61.2 Å². The van der Waals surface area contributed by atoms with E-state index >= 15 is 0 Å². The summed E-state index contributed by atoms with van der Waals surface area (Å²) in [4.78, 5) is 0. The van der Waals surface area contributed by atoms with Gasteiger partial charge in [0.2, 0.25) is 0 Å². The fraction of sp³-hybridized carbons (Fsp3) is 0.0880. The van der Waals surface area contributed by atoms with Crippen LogP contribution in [-0.4, -0.2) is 0 Å². The van der Waals surface area contributed by atoms with E-state index in [-0.39, 0.29) is 126 Å². The van der Waals surface area contributed by atoms with Crippen LogP contribution in [0.5, 0.6) is 0 Å². The molecule has 0 atom stereocenters. The van der Waals surface area contributed by atoms with Crippen molar-refractivity contribution in [3.63, 3.8) is 0 Å². The van der Waals surface area contributed by atoms with E-state index in [9.17, 15) is 0 Å². The second kappa shape index (κ2) is 48.6. The standard InChI is InChI=1S/C35H24.C25H20.C21H16.2C15H16.C14H14.6W/c1-23-18-26(34-21-24-10-2-4-12-28(24)30-14-6-8-16-32(30)34)20-27(19-23)35-22-25-11-3-5-13-29(25)31-15-7-9-17-33(31)35;1-19-12-14-22(15-13-19)25-17-23(20-8-4-2-5-9-20)16-24(18-25)21-10-6-3-7-11-21;1-15-7-6-9-16(13-15)21-14-17-8-2-3-10-18(17)19-11-4-5-12-20(19)21;1-11-4-6-14(7-5-11)15-9-12(2)8-13(3)10-15;1-11-7-9-14(10-8-11)15-12(2)5-4-6-13(15)3;1-11-3-7-13(8-4-11)14-9-5-12(2)6-10-14;;;;;;/h2-22H,1H3;2-18H,1H3;2-14H,1H3;2*4-10H,1-3H3;3-10H,1-2H3;;;;;;. The van der Waals surface area contributed by atoms with Crippen LogP contribution in [0.25, 0.3) is 165 Å². The molecule has 0 aliphatic carbocycles. The zero-order chi connectivity index (χ0) is 86.3. The molecule has 0 radical (unpaired) electrons. The van der Waals surface area contributed by atoms with Gasteiger partial charge in [0, 0.05) is 126 Å². The van der Waals surface area contributed by atoms with Crippen molar-refractivity contribution in [1.29, 1.82) is 0 Å². The Balaban J connectivity index is 0.000000167. The van der Waals surface area contributed by atoms with Gasteiger partial charge >= 0.3 is 0 Å². The Morgan fingerprint density at radius 1 is 0.115 bits per heavy atom. The van der Waals surface area contributed by atoms with Crippen LogP contribution in [0.3, 0.4) is 0 Å². The van der Waals surface area contributed by atoms with Gasteiger partial charge in [0.25, 0.3) is 0 Å². The van der Waals surface area contributed by atoms with Crippen molar-refractivity contribution in [2.75, 3.05) is 0 Å². The summed E-state index contributed by atoms with van der Waals surface area (Å²) in [5, 5.41) is 15.6. The first-order chi connectivity index (χ1) is 61.0. The van der Waals surface area contributed by atoms with Crippen LogP contribution in [0.2, 0.25) is 0 Å². The Kier molecular flexibility index (Phi) is 38.0. The topological polar surface area (TPSA) is 0 Å². The second-order valence-corrected chi connectivity index (χ2v) is 33.5. The maximum absolute atomic E-state index is 2.38. The molecule has 0 N–H and O–H groups in total. The molecule has 0 heterocycles. The van der Waals surface area contributed by atoms with Gasteiger partial charge < -0.3 is 0 Å². The fourth-order valence-corrected chi connectivity index (χ4v) is 17.3. The van der Waals surface area contributed by atoms with Gasteiger partial charge in [-0.3, -0.25) is 0 Å². The van der Waals surface area contributed by atoms with Crippen LogP contribution < -0.4 is 0 Å². The Bertz CT molecular complexity index is 7070. The average Bonchev–Trinajstić information content (AvgIpc) is 0.718. The van der Waals surface area contributed by atoms with Crippen LogP contribution >= 0.6 is 0 Å². The smallest absolute Gasteiger partial charge is 0 e. The van der Waals surface area contributed by atoms with E-state index in [1.165, 1.54) is 226 Å². The molecule has 0 aliphatic rings. The molecule has 0 saturated heterocycles. The first kappa shape index (κ1) is 102. The molecule has 0 aromatic heterocycles. The molecular weight excluding hydrogens is 2600 g/mol. The molecule has 0 nitrogen and oxygen atoms in total. The summed E-state index contributed by atoms with van der Waals surface area (Å²) < 4.78 is 0. The van der Waals surface area contributed by atoms with E-state index in [4.69, 9.17) is 0 Å². The maximum atomic E-state index is 2.38. The predicted octanol–water partition coefficient (Wildman–Crippen LogP) is 35.4. The van der Waals surface area contributed by atoms with Gasteiger partial charge in [-0.2, -0.15) is 0 Å². The minimum Gasteiger partial charge on any atom is -0.0622 e. The molecular formula is C125H106W6. The molecule has 0 bridgehead atoms. The van der Waals surface area contributed by atoms with Gasteiger partial charge in [-0.1, -0.05) is 445 Å². The van der Waals surface area contributed by atoms with E-state index in [0.29, 0.717) is 0 Å². The number of aryl methyl sites for hydroxylation is 11. The van der Waals surface area contributed by atoms with Gasteiger partial charge in [-0.25, -0.2) is 0 Å². The Morgan fingerprint density at radius 3 is 0.664 bits per heavy atom. The molecule has 0 spiro atoms. The molecule has 0 aliphatic heterocycles. The molecule has 131 heavy (non-hydrogen) atoms. The minimum absolute atomic E-state index is 0. The minimum atomic E-state index is 0. The Hall–Kier alpha value is -10.7. The van der Waals surface area contributed by atoms with E-state index < -0.39 is 0 Å². The third-order valence-electron chi connectivity index (χ3n) is 23.7. The third kappa shape index (κ3) is 25.6. The summed E-state index contributed by atoms with van der Waals surface area (Å²) in [6.45, 7) is 23.6. The summed E-state index contributed by atoms with van der Waals surface area (Å²) in [6.07, 6.45) is 0. The van der Waals surface area contributed by atoms with Crippen LogP contribution in [0.15, 0.2) is 443 Å². The second-order valence-electron chi connectivity index (χ2n) is 33.5. The van der Waals surface area contributed by atoms with Gasteiger partial charge in [0.15, 0.2) is 0 Å². The van der Waals surface area contributed by atoms with Crippen molar-refractivity contribution < 1.29 is 126 Å². The molecule has 0 saturated carbocycles. The number of hydrogen-bond acceptors (Lipinski definition) is 0. The van der Waals surface area contributed by atoms with E-state index in [1.807, 2.05) is 0 Å². The van der Waals surface area contributed by atoms with Crippen molar-refractivity contribution in [2.45, 2.75) is 76.2 Å². The van der Waals surface area contributed by atoms with Crippen molar-refractivity contribution in [1.82, 2.24) is 0 Å². The summed E-state index contributed by atoms with van der Waals surface area (Å²) in [5.41, 5.74) is 37.5. The number of benzene rings is 21. The van der Waals surface area contributed by atoms with Crippen LogP contribution in [0, 0.1) is 76.2 Å². The monoisotopic (exact) mass is 2710 g/mol. The van der Waals surface area contributed by atoms with E-state index in [2.05, 4.69) is 519 Å². The zero-order valence-electron chi connectivity index (χ0n) is 76.1. The van der Waals surface area contributed by atoms with Crippen molar-refractivity contribution in [3.8, 4) is 100 Å². The van der Waals surface area contributed by atoms with Crippen molar-refractivity contribution in [2.24, 2.45) is 0 Å². The van der Waals surface area contributed by atoms with Gasteiger partial charge in [-0.05, 0) is 300 Å². The SMILES string of the molecule is Cc1cc(-c2cc3ccccc3c3ccccc23)cc(-c2cc3ccccc3c3ccccc23)c1.Cc1ccc(-c2c(C)cccc2C)cc1.Cc1ccc(-c2cc(-c3ccccc3)cc(-c3ccccc3)c2)cc1.Cc1ccc(-c2cc(C)cc(C)c2)cc1.Cc1ccc(-c2ccc(C)cc2)cc1.Cc1cccc(-c2cc3ccccc3c3ccccc23)c1.[W].[W].[W].[W].[W].[W]. The van der Waals surface area contributed by atoms with Crippen LogP contribution in [-0.2, 0) is 126 Å². The van der Waals surface area contributed by atoms with Gasteiger partial charge in [0.1, 0.15) is 0 Å². The normalized spacial score (nSPS) is 10.3. The van der Waals surface area contributed by atoms with E-state index in [0.717, 1.165) is 0 Å². The average molecular weight is 2710 g/mol. The summed E-state index contributed by atoms with van der Waals surface area (Å²) in [5.74, 6) is 0. The Labute approximate surface area is 862 Å². The molecule has 642 valence electrons. The van der Waals surface area contributed by atoms with Gasteiger partial charge in [0.05, 0.1) is 0 Å². The summed E-state index contributed by atoms with van der Waals surface area (Å²) >= 11 is 0. The maximum Gasteiger partial charge on any atom is 0 e. The summed E-state index contributed by atoms with van der Waals surface area (Å²) in [7, 11) is 0. The predicted molar refractivity (Wildman–Crippen MR) is 545 cm³/mol. The van der Waals surface area contributed by atoms with Crippen molar-refractivity contribution in [3.05, 3.63) is 504 Å².